The number of likely N-dealkylation sites (tertiary alicyclic amines) is 1. The van der Waals surface area contributed by atoms with Crippen LogP contribution in [0.3, 0.4) is 0 Å². The number of hydrogen-bond acceptors (Lipinski definition) is 9. The van der Waals surface area contributed by atoms with Gasteiger partial charge in [-0.2, -0.15) is 0 Å². The van der Waals surface area contributed by atoms with Crippen LogP contribution in [0.2, 0.25) is 0 Å². The molecule has 34 heavy (non-hydrogen) atoms. The molecule has 3 aromatic rings. The Labute approximate surface area is 209 Å². The van der Waals surface area contributed by atoms with Crippen molar-refractivity contribution in [2.75, 3.05) is 44.3 Å². The summed E-state index contributed by atoms with van der Waals surface area (Å²) in [7, 11) is 0. The molecule has 0 unspecified atom stereocenters. The fourth-order valence-corrected chi connectivity index (χ4v) is 7.08. The van der Waals surface area contributed by atoms with Crippen molar-refractivity contribution in [2.24, 2.45) is 5.92 Å². The summed E-state index contributed by atoms with van der Waals surface area (Å²) >= 11 is 3.45. The van der Waals surface area contributed by atoms with E-state index in [-0.39, 0.29) is 0 Å². The number of anilines is 1. The molecule has 3 aromatic heterocycles. The Balaban J connectivity index is 1.34. The summed E-state index contributed by atoms with van der Waals surface area (Å²) in [5.41, 5.74) is 1.28. The van der Waals surface area contributed by atoms with E-state index in [1.165, 1.54) is 41.5 Å². The predicted molar refractivity (Wildman–Crippen MR) is 136 cm³/mol. The van der Waals surface area contributed by atoms with Crippen LogP contribution in [0, 0.1) is 19.8 Å². The molecule has 2 aliphatic heterocycles. The lowest BCUT2D eigenvalue weighted by atomic mass is 9.99. The molecule has 2 saturated heterocycles. The number of aromatic nitrogens is 5. The molecule has 0 aromatic carbocycles. The van der Waals surface area contributed by atoms with Crippen molar-refractivity contribution >= 4 is 39.3 Å². The molecule has 0 amide bonds. The number of ether oxygens (including phenoxy) is 1. The Morgan fingerprint density at radius 1 is 1.00 bits per heavy atom. The summed E-state index contributed by atoms with van der Waals surface area (Å²) in [6.45, 7) is 13.1. The third-order valence-corrected chi connectivity index (χ3v) is 9.37. The van der Waals surface area contributed by atoms with Gasteiger partial charge in [0.1, 0.15) is 15.7 Å². The highest BCUT2D eigenvalue weighted by Crippen LogP contribution is 2.44. The van der Waals surface area contributed by atoms with E-state index < -0.39 is 0 Å². The van der Waals surface area contributed by atoms with Gasteiger partial charge >= 0.3 is 0 Å². The third-order valence-electron chi connectivity index (χ3n) is 7.32. The van der Waals surface area contributed by atoms with Gasteiger partial charge in [0.15, 0.2) is 5.16 Å². The summed E-state index contributed by atoms with van der Waals surface area (Å²) in [5.74, 6) is 2.74. The molecule has 182 valence electrons. The summed E-state index contributed by atoms with van der Waals surface area (Å²) in [5, 5.41) is 12.5. The lowest BCUT2D eigenvalue weighted by Gasteiger charge is -2.29. The van der Waals surface area contributed by atoms with Crippen LogP contribution in [0.1, 0.15) is 54.9 Å². The van der Waals surface area contributed by atoms with Gasteiger partial charge in [0, 0.05) is 29.4 Å². The minimum absolute atomic E-state index is 0.493. The SMILES string of the molecule is Cc1sc2nc(CN3CCC(C)CC3)nc(Sc3nnc(N4CCOCC4)n3C3CC3)c2c1C. The molecule has 0 atom stereocenters. The minimum Gasteiger partial charge on any atom is -0.378 e. The number of rotatable bonds is 6. The third kappa shape index (κ3) is 4.45. The fraction of sp³-hybridized carbons (Fsp3) is 0.667. The molecule has 3 aliphatic rings. The van der Waals surface area contributed by atoms with E-state index in [1.54, 1.807) is 23.1 Å². The molecular formula is C24H33N7OS2. The van der Waals surface area contributed by atoms with Crippen LogP contribution >= 0.6 is 23.1 Å². The molecular weight excluding hydrogens is 466 g/mol. The number of hydrogen-bond donors (Lipinski definition) is 0. The molecule has 0 radical (unpaired) electrons. The van der Waals surface area contributed by atoms with E-state index in [2.05, 4.69) is 45.3 Å². The predicted octanol–water partition coefficient (Wildman–Crippen LogP) is 4.45. The molecule has 10 heteroatoms. The zero-order chi connectivity index (χ0) is 23.2. The Hall–Kier alpha value is -1.75. The van der Waals surface area contributed by atoms with Crippen molar-refractivity contribution in [2.45, 2.75) is 69.2 Å². The zero-order valence-electron chi connectivity index (χ0n) is 20.3. The standard InChI is InChI=1S/C24H33N7OS2/c1-15-6-8-29(9-7-15)14-19-25-21-20(16(2)17(3)33-21)22(26-19)34-24-28-27-23(31(24)18-4-5-18)30-10-12-32-13-11-30/h15,18H,4-14H2,1-3H3. The molecule has 0 bridgehead atoms. The highest BCUT2D eigenvalue weighted by molar-refractivity contribution is 7.99. The second-order valence-electron chi connectivity index (χ2n) is 9.95. The first-order chi connectivity index (χ1) is 16.6. The van der Waals surface area contributed by atoms with Gasteiger partial charge in [-0.1, -0.05) is 6.92 Å². The number of nitrogens with zero attached hydrogens (tertiary/aromatic N) is 7. The van der Waals surface area contributed by atoms with Crippen molar-refractivity contribution in [3.63, 3.8) is 0 Å². The summed E-state index contributed by atoms with van der Waals surface area (Å²) in [6.07, 6.45) is 4.90. The normalized spacial score (nSPS) is 20.5. The fourth-order valence-electron chi connectivity index (χ4n) is 4.88. The van der Waals surface area contributed by atoms with E-state index in [9.17, 15) is 0 Å². The lowest BCUT2D eigenvalue weighted by molar-refractivity contribution is 0.121. The quantitative estimate of drug-likeness (QED) is 0.461. The molecule has 1 aliphatic carbocycles. The van der Waals surface area contributed by atoms with Crippen LogP contribution in [0.25, 0.3) is 10.2 Å². The number of piperidine rings is 1. The first kappa shape index (κ1) is 22.7. The average Bonchev–Trinajstić information content (AvgIpc) is 3.53. The smallest absolute Gasteiger partial charge is 0.228 e. The van der Waals surface area contributed by atoms with Gasteiger partial charge in [0.05, 0.1) is 19.8 Å². The van der Waals surface area contributed by atoms with Gasteiger partial charge in [-0.05, 0) is 75.9 Å². The topological polar surface area (TPSA) is 72.2 Å². The highest BCUT2D eigenvalue weighted by atomic mass is 32.2. The number of morpholine rings is 1. The Morgan fingerprint density at radius 3 is 2.50 bits per heavy atom. The second kappa shape index (κ2) is 9.37. The van der Waals surface area contributed by atoms with Crippen LogP contribution in [-0.4, -0.2) is 69.0 Å². The Kier molecular flexibility index (Phi) is 6.25. The van der Waals surface area contributed by atoms with Crippen LogP contribution in [0.15, 0.2) is 10.2 Å². The lowest BCUT2D eigenvalue weighted by Crippen LogP contribution is -2.38. The van der Waals surface area contributed by atoms with Crippen molar-refractivity contribution in [3.8, 4) is 0 Å². The van der Waals surface area contributed by atoms with Gasteiger partial charge in [-0.25, -0.2) is 9.97 Å². The maximum absolute atomic E-state index is 5.56. The minimum atomic E-state index is 0.493. The van der Waals surface area contributed by atoms with Gasteiger partial charge in [0.25, 0.3) is 0 Å². The maximum Gasteiger partial charge on any atom is 0.228 e. The van der Waals surface area contributed by atoms with Crippen LogP contribution in [-0.2, 0) is 11.3 Å². The van der Waals surface area contributed by atoms with E-state index in [4.69, 9.17) is 14.7 Å². The van der Waals surface area contributed by atoms with Crippen molar-refractivity contribution in [1.82, 2.24) is 29.6 Å². The summed E-state index contributed by atoms with van der Waals surface area (Å²) < 4.78 is 7.91. The Morgan fingerprint density at radius 2 is 1.76 bits per heavy atom. The van der Waals surface area contributed by atoms with Crippen molar-refractivity contribution < 1.29 is 4.74 Å². The first-order valence-corrected chi connectivity index (χ1v) is 14.1. The van der Waals surface area contributed by atoms with Crippen molar-refractivity contribution in [3.05, 3.63) is 16.3 Å². The van der Waals surface area contributed by atoms with E-state index >= 15 is 0 Å². The molecule has 0 spiro atoms. The number of aryl methyl sites for hydroxylation is 2. The second-order valence-corrected chi connectivity index (χ2v) is 12.1. The summed E-state index contributed by atoms with van der Waals surface area (Å²) in [4.78, 5) is 17.4. The van der Waals surface area contributed by atoms with Gasteiger partial charge in [-0.3, -0.25) is 9.47 Å². The van der Waals surface area contributed by atoms with Gasteiger partial charge in [-0.15, -0.1) is 21.5 Å². The van der Waals surface area contributed by atoms with E-state index in [0.717, 1.165) is 78.6 Å². The largest absolute Gasteiger partial charge is 0.378 e. The molecule has 3 fully saturated rings. The van der Waals surface area contributed by atoms with E-state index in [0.29, 0.717) is 6.04 Å². The molecule has 0 N–H and O–H groups in total. The number of thiophene rings is 1. The van der Waals surface area contributed by atoms with Crippen LogP contribution < -0.4 is 4.90 Å². The zero-order valence-corrected chi connectivity index (χ0v) is 21.9. The van der Waals surface area contributed by atoms with E-state index in [1.807, 2.05) is 0 Å². The Bertz CT molecular complexity index is 1170. The van der Waals surface area contributed by atoms with Crippen LogP contribution in [0.5, 0.6) is 0 Å². The highest BCUT2D eigenvalue weighted by Gasteiger charge is 2.33. The molecule has 6 rings (SSSR count). The van der Waals surface area contributed by atoms with Gasteiger partial charge in [0.2, 0.25) is 5.95 Å². The van der Waals surface area contributed by atoms with Gasteiger partial charge < -0.3 is 9.64 Å². The molecule has 5 heterocycles. The summed E-state index contributed by atoms with van der Waals surface area (Å²) in [6, 6.07) is 0.493. The number of fused-ring (bicyclic) bond motifs is 1. The monoisotopic (exact) mass is 499 g/mol. The first-order valence-electron chi connectivity index (χ1n) is 12.5. The molecule has 8 nitrogen and oxygen atoms in total. The van der Waals surface area contributed by atoms with Crippen LogP contribution in [0.4, 0.5) is 5.95 Å². The average molecular weight is 500 g/mol. The maximum atomic E-state index is 5.56. The molecule has 1 saturated carbocycles. The van der Waals surface area contributed by atoms with Crippen molar-refractivity contribution in [1.29, 1.82) is 0 Å².